The van der Waals surface area contributed by atoms with E-state index in [0.29, 0.717) is 30.6 Å². The maximum Gasteiger partial charge on any atom is 0.309 e. The van der Waals surface area contributed by atoms with Crippen LogP contribution in [0, 0.1) is 5.92 Å². The van der Waals surface area contributed by atoms with Gasteiger partial charge in [0.25, 0.3) is 5.89 Å². The number of methoxy groups -OCH3 is 1. The van der Waals surface area contributed by atoms with Gasteiger partial charge in [-0.15, -0.1) is 0 Å². The van der Waals surface area contributed by atoms with Gasteiger partial charge in [-0.1, -0.05) is 12.1 Å². The lowest BCUT2D eigenvalue weighted by atomic mass is 10.2. The van der Waals surface area contributed by atoms with Crippen molar-refractivity contribution in [3.05, 3.63) is 24.2 Å². The summed E-state index contributed by atoms with van der Waals surface area (Å²) < 4.78 is 15.0. The Morgan fingerprint density at radius 3 is 3.00 bits per heavy atom. The van der Waals surface area contributed by atoms with Crippen LogP contribution in [0.4, 0.5) is 0 Å². The molecule has 0 aliphatic rings. The molecule has 0 aliphatic carbocycles. The summed E-state index contributed by atoms with van der Waals surface area (Å²) in [6.45, 7) is 2.84. The highest BCUT2D eigenvalue weighted by molar-refractivity contribution is 5.72. The SMILES string of the molecule is COC(=O)C(C)CN(C)Cc1noc(-c2ccco2)n1. The summed E-state index contributed by atoms with van der Waals surface area (Å²) in [6.07, 6.45) is 1.55. The van der Waals surface area contributed by atoms with E-state index in [1.165, 1.54) is 7.11 Å². The van der Waals surface area contributed by atoms with Gasteiger partial charge in [-0.25, -0.2) is 0 Å². The van der Waals surface area contributed by atoms with Crippen LogP contribution >= 0.6 is 0 Å². The smallest absolute Gasteiger partial charge is 0.309 e. The Morgan fingerprint density at radius 1 is 1.55 bits per heavy atom. The molecule has 7 heteroatoms. The van der Waals surface area contributed by atoms with Crippen LogP contribution in [0.2, 0.25) is 0 Å². The Hall–Kier alpha value is -2.15. The summed E-state index contributed by atoms with van der Waals surface area (Å²) >= 11 is 0. The van der Waals surface area contributed by atoms with Crippen molar-refractivity contribution in [1.82, 2.24) is 15.0 Å². The maximum absolute atomic E-state index is 11.3. The zero-order chi connectivity index (χ0) is 14.5. The van der Waals surface area contributed by atoms with Crippen molar-refractivity contribution in [3.8, 4) is 11.7 Å². The molecule has 2 rings (SSSR count). The van der Waals surface area contributed by atoms with Crippen LogP contribution < -0.4 is 0 Å². The first-order chi connectivity index (χ1) is 9.60. The quantitative estimate of drug-likeness (QED) is 0.742. The van der Waals surface area contributed by atoms with E-state index in [4.69, 9.17) is 8.94 Å². The van der Waals surface area contributed by atoms with Crippen molar-refractivity contribution in [3.63, 3.8) is 0 Å². The summed E-state index contributed by atoms with van der Waals surface area (Å²) in [5, 5.41) is 3.88. The van der Waals surface area contributed by atoms with Crippen LogP contribution in [0.25, 0.3) is 11.7 Å². The van der Waals surface area contributed by atoms with Gasteiger partial charge in [0.1, 0.15) is 0 Å². The van der Waals surface area contributed by atoms with Gasteiger partial charge in [0.15, 0.2) is 11.6 Å². The molecule has 0 saturated carbocycles. The molecule has 2 heterocycles. The summed E-state index contributed by atoms with van der Waals surface area (Å²) in [5.41, 5.74) is 0. The molecular weight excluding hydrogens is 262 g/mol. The number of carbonyl (C=O) groups excluding carboxylic acids is 1. The number of furan rings is 1. The molecule has 0 bridgehead atoms. The van der Waals surface area contributed by atoms with Gasteiger partial charge >= 0.3 is 5.97 Å². The van der Waals surface area contributed by atoms with Crippen molar-refractivity contribution in [1.29, 1.82) is 0 Å². The van der Waals surface area contributed by atoms with Gasteiger partial charge < -0.3 is 13.7 Å². The van der Waals surface area contributed by atoms with Crippen LogP contribution in [0.3, 0.4) is 0 Å². The molecule has 1 unspecified atom stereocenters. The average Bonchev–Trinajstić information content (AvgIpc) is 3.07. The normalized spacial score (nSPS) is 12.6. The summed E-state index contributed by atoms with van der Waals surface area (Å²) in [7, 11) is 3.26. The first kappa shape index (κ1) is 14.3. The molecule has 0 fully saturated rings. The lowest BCUT2D eigenvalue weighted by Crippen LogP contribution is -2.29. The highest BCUT2D eigenvalue weighted by Gasteiger charge is 2.17. The van der Waals surface area contributed by atoms with Gasteiger partial charge in [-0.05, 0) is 19.2 Å². The number of rotatable bonds is 6. The zero-order valence-corrected chi connectivity index (χ0v) is 11.7. The second kappa shape index (κ2) is 6.33. The monoisotopic (exact) mass is 279 g/mol. The van der Waals surface area contributed by atoms with E-state index < -0.39 is 0 Å². The number of aromatic nitrogens is 2. The van der Waals surface area contributed by atoms with E-state index in [1.54, 1.807) is 18.4 Å². The van der Waals surface area contributed by atoms with Crippen LogP contribution in [0.1, 0.15) is 12.7 Å². The van der Waals surface area contributed by atoms with Gasteiger partial charge in [0.05, 0.1) is 25.8 Å². The third-order valence-corrected chi connectivity index (χ3v) is 2.80. The van der Waals surface area contributed by atoms with E-state index in [9.17, 15) is 4.79 Å². The fourth-order valence-electron chi connectivity index (χ4n) is 1.87. The number of hydrogen-bond acceptors (Lipinski definition) is 7. The van der Waals surface area contributed by atoms with Crippen molar-refractivity contribution in [2.45, 2.75) is 13.5 Å². The third-order valence-electron chi connectivity index (χ3n) is 2.80. The van der Waals surface area contributed by atoms with E-state index >= 15 is 0 Å². The molecule has 1 atom stereocenters. The van der Waals surface area contributed by atoms with E-state index in [1.807, 2.05) is 18.9 Å². The summed E-state index contributed by atoms with van der Waals surface area (Å²) in [6, 6.07) is 3.50. The van der Waals surface area contributed by atoms with E-state index in [-0.39, 0.29) is 11.9 Å². The van der Waals surface area contributed by atoms with Crippen molar-refractivity contribution < 1.29 is 18.5 Å². The number of esters is 1. The Balaban J connectivity index is 1.92. The molecule has 0 spiro atoms. The molecule has 108 valence electrons. The lowest BCUT2D eigenvalue weighted by Gasteiger charge is -2.17. The second-order valence-electron chi connectivity index (χ2n) is 4.61. The fourth-order valence-corrected chi connectivity index (χ4v) is 1.87. The van der Waals surface area contributed by atoms with Crippen LogP contribution in [0.15, 0.2) is 27.3 Å². The largest absolute Gasteiger partial charge is 0.469 e. The highest BCUT2D eigenvalue weighted by Crippen LogP contribution is 2.17. The van der Waals surface area contributed by atoms with Gasteiger partial charge in [-0.2, -0.15) is 4.98 Å². The van der Waals surface area contributed by atoms with Gasteiger partial charge in [0.2, 0.25) is 0 Å². The Bertz CT molecular complexity index is 550. The molecule has 0 radical (unpaired) electrons. The topological polar surface area (TPSA) is 81.6 Å². The van der Waals surface area contributed by atoms with E-state index in [0.717, 1.165) is 0 Å². The predicted molar refractivity (Wildman–Crippen MR) is 69.5 cm³/mol. The Morgan fingerprint density at radius 2 is 2.35 bits per heavy atom. The van der Waals surface area contributed by atoms with Crippen LogP contribution in [-0.4, -0.2) is 41.7 Å². The fraction of sp³-hybridized carbons (Fsp3) is 0.462. The lowest BCUT2D eigenvalue weighted by molar-refractivity contribution is -0.145. The average molecular weight is 279 g/mol. The first-order valence-electron chi connectivity index (χ1n) is 6.23. The van der Waals surface area contributed by atoms with Crippen molar-refractivity contribution >= 4 is 5.97 Å². The first-order valence-corrected chi connectivity index (χ1v) is 6.23. The third kappa shape index (κ3) is 3.45. The molecule has 20 heavy (non-hydrogen) atoms. The van der Waals surface area contributed by atoms with Gasteiger partial charge in [-0.3, -0.25) is 9.69 Å². The second-order valence-corrected chi connectivity index (χ2v) is 4.61. The molecule has 0 saturated heterocycles. The number of hydrogen-bond donors (Lipinski definition) is 0. The van der Waals surface area contributed by atoms with E-state index in [2.05, 4.69) is 14.9 Å². The minimum Gasteiger partial charge on any atom is -0.469 e. The minimum atomic E-state index is -0.235. The minimum absolute atomic E-state index is 0.207. The molecule has 0 N–H and O–H groups in total. The van der Waals surface area contributed by atoms with Crippen LogP contribution in [0.5, 0.6) is 0 Å². The van der Waals surface area contributed by atoms with Crippen molar-refractivity contribution in [2.24, 2.45) is 5.92 Å². The summed E-state index contributed by atoms with van der Waals surface area (Å²) in [4.78, 5) is 17.5. The number of ether oxygens (including phenoxy) is 1. The molecule has 2 aromatic heterocycles. The molecule has 0 aliphatic heterocycles. The van der Waals surface area contributed by atoms with Gasteiger partial charge in [0, 0.05) is 6.54 Å². The molecule has 0 amide bonds. The predicted octanol–water partition coefficient (Wildman–Crippen LogP) is 1.57. The zero-order valence-electron chi connectivity index (χ0n) is 11.7. The van der Waals surface area contributed by atoms with Crippen molar-refractivity contribution in [2.75, 3.05) is 20.7 Å². The standard InChI is InChI=1S/C13H17N3O4/c1-9(13(17)18-3)7-16(2)8-11-14-12(20-15-11)10-5-4-6-19-10/h4-6,9H,7-8H2,1-3H3. The molecular formula is C13H17N3O4. The molecule has 2 aromatic rings. The van der Waals surface area contributed by atoms with Crippen LogP contribution in [-0.2, 0) is 16.1 Å². The maximum atomic E-state index is 11.3. The molecule has 7 nitrogen and oxygen atoms in total. The highest BCUT2D eigenvalue weighted by atomic mass is 16.5. The Kier molecular flexibility index (Phi) is 4.52. The Labute approximate surface area is 116 Å². The molecule has 0 aromatic carbocycles. The number of nitrogens with zero attached hydrogens (tertiary/aromatic N) is 3. The summed E-state index contributed by atoms with van der Waals surface area (Å²) in [5.74, 6) is 0.979. The number of carbonyl (C=O) groups is 1.